The Labute approximate surface area is 90.8 Å². The lowest BCUT2D eigenvalue weighted by molar-refractivity contribution is -0.244. The number of Topliss-reactive ketones (excluding diaryl/α,β-unsaturated/α-hetero) is 1. The summed E-state index contributed by atoms with van der Waals surface area (Å²) in [6.07, 6.45) is 2.38. The number of aliphatic hydroxyl groups excluding tert-OH is 1. The molecular formula is C12H20O3. The maximum atomic E-state index is 11.9. The van der Waals surface area contributed by atoms with Crippen LogP contribution in [0.5, 0.6) is 0 Å². The lowest BCUT2D eigenvalue weighted by atomic mass is 9.59. The zero-order valence-electron chi connectivity index (χ0n) is 9.75. The molecule has 2 rings (SSSR count). The second-order valence-corrected chi connectivity index (χ2v) is 5.81. The third-order valence-electron chi connectivity index (χ3n) is 4.19. The monoisotopic (exact) mass is 212 g/mol. The van der Waals surface area contributed by atoms with Crippen LogP contribution in [-0.2, 0) is 9.53 Å². The normalized spacial score (nSPS) is 44.9. The highest BCUT2D eigenvalue weighted by Crippen LogP contribution is 2.51. The average molecular weight is 212 g/mol. The number of ether oxygens (including phenoxy) is 1. The molecule has 1 aliphatic heterocycles. The number of carbonyl (C=O) groups excluding carboxylic acids is 1. The molecule has 0 amide bonds. The number of hydrogen-bond acceptors (Lipinski definition) is 3. The molecule has 15 heavy (non-hydrogen) atoms. The molecule has 1 N–H and O–H groups in total. The van der Waals surface area contributed by atoms with E-state index in [1.807, 2.05) is 13.8 Å². The highest BCUT2D eigenvalue weighted by atomic mass is 16.6. The number of hydrogen-bond donors (Lipinski definition) is 1. The van der Waals surface area contributed by atoms with Gasteiger partial charge in [0.05, 0.1) is 11.5 Å². The topological polar surface area (TPSA) is 46.5 Å². The van der Waals surface area contributed by atoms with E-state index in [9.17, 15) is 9.90 Å². The minimum atomic E-state index is -0.687. The van der Waals surface area contributed by atoms with Crippen LogP contribution < -0.4 is 0 Å². The van der Waals surface area contributed by atoms with Crippen molar-refractivity contribution in [1.82, 2.24) is 0 Å². The van der Waals surface area contributed by atoms with Crippen LogP contribution in [0.15, 0.2) is 0 Å². The predicted molar refractivity (Wildman–Crippen MR) is 56.2 cm³/mol. The summed E-state index contributed by atoms with van der Waals surface area (Å²) in [6, 6.07) is 0. The van der Waals surface area contributed by atoms with Crippen LogP contribution in [0.3, 0.4) is 0 Å². The van der Waals surface area contributed by atoms with E-state index in [1.54, 1.807) is 0 Å². The van der Waals surface area contributed by atoms with Crippen molar-refractivity contribution in [3.05, 3.63) is 0 Å². The Kier molecular flexibility index (Phi) is 2.43. The fourth-order valence-corrected chi connectivity index (χ4v) is 3.14. The molecule has 1 heterocycles. The number of aliphatic hydroxyl groups is 1. The lowest BCUT2D eigenvalue weighted by Gasteiger charge is -2.52. The van der Waals surface area contributed by atoms with E-state index in [2.05, 4.69) is 6.92 Å². The Morgan fingerprint density at radius 3 is 2.67 bits per heavy atom. The maximum absolute atomic E-state index is 11.9. The minimum absolute atomic E-state index is 0.0661. The molecule has 1 saturated carbocycles. The summed E-state index contributed by atoms with van der Waals surface area (Å²) in [5, 5.41) is 9.55. The highest BCUT2D eigenvalue weighted by Gasteiger charge is 2.54. The van der Waals surface area contributed by atoms with E-state index in [4.69, 9.17) is 4.74 Å². The van der Waals surface area contributed by atoms with E-state index >= 15 is 0 Å². The first-order valence-corrected chi connectivity index (χ1v) is 5.73. The van der Waals surface area contributed by atoms with Crippen LogP contribution in [0.25, 0.3) is 0 Å². The molecule has 0 radical (unpaired) electrons. The summed E-state index contributed by atoms with van der Waals surface area (Å²) in [5.41, 5.74) is -0.384. The van der Waals surface area contributed by atoms with Crippen molar-refractivity contribution >= 4 is 5.78 Å². The summed E-state index contributed by atoms with van der Waals surface area (Å²) in [4.78, 5) is 11.9. The SMILES string of the molecule is CC12CCC(=O)C(C)(C)C1OC(O)CC2. The largest absolute Gasteiger partial charge is 0.368 e. The summed E-state index contributed by atoms with van der Waals surface area (Å²) in [7, 11) is 0. The Morgan fingerprint density at radius 1 is 1.33 bits per heavy atom. The molecule has 3 atom stereocenters. The molecule has 0 aromatic heterocycles. The smallest absolute Gasteiger partial charge is 0.154 e. The van der Waals surface area contributed by atoms with Gasteiger partial charge in [0.25, 0.3) is 0 Å². The van der Waals surface area contributed by atoms with Gasteiger partial charge in [-0.1, -0.05) is 20.8 Å². The molecule has 0 aromatic carbocycles. The molecule has 1 saturated heterocycles. The average Bonchev–Trinajstić information content (AvgIpc) is 2.16. The third-order valence-corrected chi connectivity index (χ3v) is 4.19. The first-order valence-electron chi connectivity index (χ1n) is 5.73. The Bertz CT molecular complexity index is 285. The first-order chi connectivity index (χ1) is 6.86. The quantitative estimate of drug-likeness (QED) is 0.667. The van der Waals surface area contributed by atoms with Gasteiger partial charge in [-0.05, 0) is 24.7 Å². The number of carbonyl (C=O) groups is 1. The molecule has 3 unspecified atom stereocenters. The Balaban J connectivity index is 2.30. The van der Waals surface area contributed by atoms with Crippen molar-refractivity contribution in [2.24, 2.45) is 10.8 Å². The molecule has 0 spiro atoms. The Morgan fingerprint density at radius 2 is 2.00 bits per heavy atom. The predicted octanol–water partition coefficient (Wildman–Crippen LogP) is 1.88. The highest BCUT2D eigenvalue weighted by molar-refractivity contribution is 5.85. The minimum Gasteiger partial charge on any atom is -0.368 e. The van der Waals surface area contributed by atoms with Crippen LogP contribution in [0.1, 0.15) is 46.5 Å². The second-order valence-electron chi connectivity index (χ2n) is 5.81. The van der Waals surface area contributed by atoms with Gasteiger partial charge in [0.15, 0.2) is 6.29 Å². The van der Waals surface area contributed by atoms with Gasteiger partial charge in [0.1, 0.15) is 5.78 Å². The molecule has 86 valence electrons. The number of fused-ring (bicyclic) bond motifs is 1. The fraction of sp³-hybridized carbons (Fsp3) is 0.917. The molecule has 2 fully saturated rings. The van der Waals surface area contributed by atoms with Gasteiger partial charge in [0.2, 0.25) is 0 Å². The fourth-order valence-electron chi connectivity index (χ4n) is 3.14. The molecular weight excluding hydrogens is 192 g/mol. The van der Waals surface area contributed by atoms with Crippen LogP contribution in [0, 0.1) is 10.8 Å². The van der Waals surface area contributed by atoms with Crippen LogP contribution in [0.4, 0.5) is 0 Å². The third kappa shape index (κ3) is 1.62. The van der Waals surface area contributed by atoms with Crippen LogP contribution in [0.2, 0.25) is 0 Å². The van der Waals surface area contributed by atoms with Gasteiger partial charge in [-0.3, -0.25) is 4.79 Å². The van der Waals surface area contributed by atoms with E-state index < -0.39 is 11.7 Å². The van der Waals surface area contributed by atoms with Crippen molar-refractivity contribution in [3.8, 4) is 0 Å². The first kappa shape index (κ1) is 11.1. The molecule has 0 aromatic rings. The van der Waals surface area contributed by atoms with Crippen molar-refractivity contribution in [2.75, 3.05) is 0 Å². The molecule has 2 aliphatic rings. The van der Waals surface area contributed by atoms with E-state index in [1.165, 1.54) is 0 Å². The number of ketones is 1. The van der Waals surface area contributed by atoms with Crippen molar-refractivity contribution in [1.29, 1.82) is 0 Å². The second kappa shape index (κ2) is 3.29. The van der Waals surface area contributed by atoms with Gasteiger partial charge in [-0.25, -0.2) is 0 Å². The van der Waals surface area contributed by atoms with Crippen LogP contribution >= 0.6 is 0 Å². The summed E-state index contributed by atoms with van der Waals surface area (Å²) < 4.78 is 5.61. The zero-order chi connectivity index (χ0) is 11.3. The maximum Gasteiger partial charge on any atom is 0.154 e. The standard InChI is InChI=1S/C12H20O3/c1-11(2)8(13)4-6-12(3)7-5-9(14)15-10(11)12/h9-10,14H,4-7H2,1-3H3. The van der Waals surface area contributed by atoms with E-state index in [0.29, 0.717) is 12.8 Å². The summed E-state index contributed by atoms with van der Waals surface area (Å²) in [6.45, 7) is 6.06. The van der Waals surface area contributed by atoms with E-state index in [0.717, 1.165) is 12.8 Å². The molecule has 1 aliphatic carbocycles. The zero-order valence-corrected chi connectivity index (χ0v) is 9.75. The van der Waals surface area contributed by atoms with E-state index in [-0.39, 0.29) is 17.3 Å². The lowest BCUT2D eigenvalue weighted by Crippen LogP contribution is -2.56. The van der Waals surface area contributed by atoms with Gasteiger partial charge in [0, 0.05) is 6.42 Å². The van der Waals surface area contributed by atoms with Crippen molar-refractivity contribution in [2.45, 2.75) is 58.8 Å². The van der Waals surface area contributed by atoms with Crippen molar-refractivity contribution < 1.29 is 14.6 Å². The number of rotatable bonds is 0. The summed E-state index contributed by atoms with van der Waals surface area (Å²) in [5.74, 6) is 0.263. The molecule has 3 heteroatoms. The molecule has 0 bridgehead atoms. The van der Waals surface area contributed by atoms with Gasteiger partial charge in [-0.2, -0.15) is 0 Å². The van der Waals surface area contributed by atoms with Crippen LogP contribution in [-0.4, -0.2) is 23.3 Å². The van der Waals surface area contributed by atoms with Gasteiger partial charge in [-0.15, -0.1) is 0 Å². The summed E-state index contributed by atoms with van der Waals surface area (Å²) >= 11 is 0. The van der Waals surface area contributed by atoms with Gasteiger partial charge < -0.3 is 9.84 Å². The van der Waals surface area contributed by atoms with Gasteiger partial charge >= 0.3 is 0 Å². The Hall–Kier alpha value is -0.410. The van der Waals surface area contributed by atoms with Crippen molar-refractivity contribution in [3.63, 3.8) is 0 Å². The molecule has 3 nitrogen and oxygen atoms in total.